The summed E-state index contributed by atoms with van der Waals surface area (Å²) in [6, 6.07) is 0. The molecule has 0 aliphatic heterocycles. The number of hydrazine groups is 1. The third-order valence-electron chi connectivity index (χ3n) is 0.612. The second kappa shape index (κ2) is 6.65. The van der Waals surface area contributed by atoms with E-state index in [0.29, 0.717) is 0 Å². The molecule has 0 heterocycles. The van der Waals surface area contributed by atoms with Gasteiger partial charge >= 0.3 is 0 Å². The largest absolute Gasteiger partial charge is 0.261 e. The minimum atomic E-state index is 1.07. The van der Waals surface area contributed by atoms with E-state index in [9.17, 15) is 0 Å². The topological polar surface area (TPSA) is 24.1 Å². The zero-order valence-corrected chi connectivity index (χ0v) is 6.66. The standard InChI is InChI=1S/C4H11IN2/c1-6-7-4-2-3-5/h6-7H,2-4H2,1H3. The van der Waals surface area contributed by atoms with Crippen LogP contribution >= 0.6 is 22.6 Å². The van der Waals surface area contributed by atoms with E-state index < -0.39 is 0 Å². The van der Waals surface area contributed by atoms with Gasteiger partial charge in [-0.05, 0) is 13.5 Å². The lowest BCUT2D eigenvalue weighted by Gasteiger charge is -1.96. The molecular formula is C4H11IN2. The molecule has 0 aromatic carbocycles. The van der Waals surface area contributed by atoms with E-state index in [-0.39, 0.29) is 0 Å². The van der Waals surface area contributed by atoms with Gasteiger partial charge in [0.1, 0.15) is 0 Å². The summed E-state index contributed by atoms with van der Waals surface area (Å²) in [5, 5.41) is 0. The Morgan fingerprint density at radius 3 is 2.71 bits per heavy atom. The second-order valence-corrected chi connectivity index (χ2v) is 2.30. The van der Waals surface area contributed by atoms with Gasteiger partial charge in [0.2, 0.25) is 0 Å². The molecule has 7 heavy (non-hydrogen) atoms. The molecule has 44 valence electrons. The molecule has 0 radical (unpaired) electrons. The Balaban J connectivity index is 2.45. The van der Waals surface area contributed by atoms with E-state index in [0.717, 1.165) is 6.54 Å². The van der Waals surface area contributed by atoms with E-state index in [1.165, 1.54) is 10.8 Å². The van der Waals surface area contributed by atoms with Crippen LogP contribution in [0.5, 0.6) is 0 Å². The van der Waals surface area contributed by atoms with Gasteiger partial charge in [0.05, 0.1) is 0 Å². The summed E-state index contributed by atoms with van der Waals surface area (Å²) in [4.78, 5) is 0. The van der Waals surface area contributed by atoms with Crippen molar-refractivity contribution in [2.45, 2.75) is 6.42 Å². The maximum Gasteiger partial charge on any atom is 0.0107 e. The van der Waals surface area contributed by atoms with Crippen molar-refractivity contribution < 1.29 is 0 Å². The maximum atomic E-state index is 2.99. The first-order valence-electron chi connectivity index (χ1n) is 2.37. The molecule has 0 rings (SSSR count). The first-order chi connectivity index (χ1) is 3.41. The van der Waals surface area contributed by atoms with Crippen molar-refractivity contribution in [1.29, 1.82) is 0 Å². The second-order valence-electron chi connectivity index (χ2n) is 1.22. The number of rotatable bonds is 4. The van der Waals surface area contributed by atoms with Gasteiger partial charge in [0, 0.05) is 11.0 Å². The van der Waals surface area contributed by atoms with Crippen molar-refractivity contribution in [1.82, 2.24) is 10.9 Å². The zero-order chi connectivity index (χ0) is 5.54. The van der Waals surface area contributed by atoms with Gasteiger partial charge in [0.15, 0.2) is 0 Å². The number of alkyl halides is 1. The van der Waals surface area contributed by atoms with Crippen molar-refractivity contribution in [2.75, 3.05) is 18.0 Å². The number of halogens is 1. The average Bonchev–Trinajstić information content (AvgIpc) is 1.69. The average molecular weight is 214 g/mol. The maximum absolute atomic E-state index is 2.99. The Bertz CT molecular complexity index is 28.9. The summed E-state index contributed by atoms with van der Waals surface area (Å²) >= 11 is 2.36. The monoisotopic (exact) mass is 214 g/mol. The predicted molar refractivity (Wildman–Crippen MR) is 40.6 cm³/mol. The summed E-state index contributed by atoms with van der Waals surface area (Å²) in [5.41, 5.74) is 5.84. The molecule has 0 aliphatic carbocycles. The fraction of sp³-hybridized carbons (Fsp3) is 1.00. The summed E-state index contributed by atoms with van der Waals surface area (Å²) < 4.78 is 1.23. The van der Waals surface area contributed by atoms with E-state index in [1.807, 2.05) is 7.05 Å². The Hall–Kier alpha value is 0.650. The third-order valence-corrected chi connectivity index (χ3v) is 1.37. The quantitative estimate of drug-likeness (QED) is 0.309. The van der Waals surface area contributed by atoms with Crippen molar-refractivity contribution in [2.24, 2.45) is 0 Å². The van der Waals surface area contributed by atoms with Gasteiger partial charge in [-0.25, -0.2) is 0 Å². The molecule has 0 saturated carbocycles. The van der Waals surface area contributed by atoms with Gasteiger partial charge in [-0.15, -0.1) is 0 Å². The van der Waals surface area contributed by atoms with Crippen LogP contribution in [-0.4, -0.2) is 18.0 Å². The van der Waals surface area contributed by atoms with Crippen LogP contribution in [0.3, 0.4) is 0 Å². The smallest absolute Gasteiger partial charge is 0.0107 e. The molecule has 0 aliphatic rings. The third kappa shape index (κ3) is 6.65. The van der Waals surface area contributed by atoms with Crippen LogP contribution in [0.4, 0.5) is 0 Å². The minimum Gasteiger partial charge on any atom is -0.261 e. The number of hydrogen-bond acceptors (Lipinski definition) is 2. The lowest BCUT2D eigenvalue weighted by Crippen LogP contribution is -2.28. The molecule has 0 saturated heterocycles. The highest BCUT2D eigenvalue weighted by atomic mass is 127. The molecule has 0 spiro atoms. The zero-order valence-electron chi connectivity index (χ0n) is 4.50. The molecule has 0 atom stereocenters. The summed E-state index contributed by atoms with van der Waals surface area (Å²) in [7, 11) is 1.88. The van der Waals surface area contributed by atoms with Crippen molar-refractivity contribution >= 4 is 22.6 Å². The van der Waals surface area contributed by atoms with E-state index in [1.54, 1.807) is 0 Å². The van der Waals surface area contributed by atoms with Crippen LogP contribution in [-0.2, 0) is 0 Å². The van der Waals surface area contributed by atoms with Gasteiger partial charge in [-0.3, -0.25) is 10.9 Å². The molecule has 0 bridgehead atoms. The molecule has 2 nitrogen and oxygen atoms in total. The van der Waals surface area contributed by atoms with Gasteiger partial charge in [-0.1, -0.05) is 22.6 Å². The molecule has 0 aromatic heterocycles. The SMILES string of the molecule is CNNCCCI. The minimum absolute atomic E-state index is 1.07. The molecule has 0 unspecified atom stereocenters. The lowest BCUT2D eigenvalue weighted by atomic mass is 10.5. The summed E-state index contributed by atoms with van der Waals surface area (Å²) in [6.45, 7) is 1.07. The molecule has 2 N–H and O–H groups in total. The number of nitrogens with one attached hydrogen (secondary N) is 2. The van der Waals surface area contributed by atoms with Crippen LogP contribution in [0.15, 0.2) is 0 Å². The van der Waals surface area contributed by atoms with Crippen molar-refractivity contribution in [3.63, 3.8) is 0 Å². The Kier molecular flexibility index (Phi) is 7.27. The van der Waals surface area contributed by atoms with Gasteiger partial charge < -0.3 is 0 Å². The van der Waals surface area contributed by atoms with Crippen LogP contribution in [0.25, 0.3) is 0 Å². The highest BCUT2D eigenvalue weighted by Gasteiger charge is 1.77. The lowest BCUT2D eigenvalue weighted by molar-refractivity contribution is 0.594. The van der Waals surface area contributed by atoms with E-state index >= 15 is 0 Å². The van der Waals surface area contributed by atoms with Crippen molar-refractivity contribution in [3.8, 4) is 0 Å². The summed E-state index contributed by atoms with van der Waals surface area (Å²) in [5.74, 6) is 0. The highest BCUT2D eigenvalue weighted by Crippen LogP contribution is 1.83. The van der Waals surface area contributed by atoms with Crippen molar-refractivity contribution in [3.05, 3.63) is 0 Å². The van der Waals surface area contributed by atoms with E-state index in [2.05, 4.69) is 33.4 Å². The van der Waals surface area contributed by atoms with Crippen LogP contribution < -0.4 is 10.9 Å². The molecule has 0 amide bonds. The van der Waals surface area contributed by atoms with Crippen LogP contribution in [0, 0.1) is 0 Å². The molecule has 0 fully saturated rings. The Labute approximate surface area is 58.2 Å². The fourth-order valence-electron chi connectivity index (χ4n) is 0.280. The molecular weight excluding hydrogens is 203 g/mol. The first kappa shape index (κ1) is 7.65. The molecule has 3 heteroatoms. The molecule has 0 aromatic rings. The van der Waals surface area contributed by atoms with Gasteiger partial charge in [-0.2, -0.15) is 0 Å². The van der Waals surface area contributed by atoms with Crippen LogP contribution in [0.2, 0.25) is 0 Å². The van der Waals surface area contributed by atoms with E-state index in [4.69, 9.17) is 0 Å². The fourth-order valence-corrected chi connectivity index (χ4v) is 0.662. The Morgan fingerprint density at radius 2 is 2.29 bits per heavy atom. The normalized spacial score (nSPS) is 9.43. The highest BCUT2D eigenvalue weighted by molar-refractivity contribution is 14.1. The Morgan fingerprint density at radius 1 is 1.57 bits per heavy atom. The van der Waals surface area contributed by atoms with Crippen LogP contribution in [0.1, 0.15) is 6.42 Å². The number of hydrogen-bond donors (Lipinski definition) is 2. The summed E-state index contributed by atoms with van der Waals surface area (Å²) in [6.07, 6.45) is 1.24. The predicted octanol–water partition coefficient (Wildman–Crippen LogP) is 0.535. The van der Waals surface area contributed by atoms with Gasteiger partial charge in [0.25, 0.3) is 0 Å². The first-order valence-corrected chi connectivity index (χ1v) is 3.90.